The van der Waals surface area contributed by atoms with Gasteiger partial charge in [0.15, 0.2) is 0 Å². The van der Waals surface area contributed by atoms with E-state index < -0.39 is 0 Å². The topological polar surface area (TPSA) is 65.8 Å². The van der Waals surface area contributed by atoms with E-state index in [4.69, 9.17) is 19.3 Å². The highest BCUT2D eigenvalue weighted by Crippen LogP contribution is 2.33. The minimum Gasteiger partial charge on any atom is -0.497 e. The van der Waals surface area contributed by atoms with Crippen LogP contribution in [0.4, 0.5) is 0 Å². The quantitative estimate of drug-likeness (QED) is 0.252. The molecule has 4 rings (SSSR count). The summed E-state index contributed by atoms with van der Waals surface area (Å²) in [5.41, 5.74) is 3.12. The number of nitrogens with zero attached hydrogens (tertiary/aromatic N) is 3. The van der Waals surface area contributed by atoms with Gasteiger partial charge >= 0.3 is 0 Å². The van der Waals surface area contributed by atoms with Gasteiger partial charge in [-0.3, -0.25) is 4.79 Å². The number of para-hydroxylation sites is 1. The summed E-state index contributed by atoms with van der Waals surface area (Å²) in [7, 11) is 3.24. The Kier molecular flexibility index (Phi) is 8.13. The molecule has 0 aliphatic rings. The zero-order valence-electron chi connectivity index (χ0n) is 22.0. The van der Waals surface area contributed by atoms with Crippen LogP contribution in [0.1, 0.15) is 41.9 Å². The molecule has 0 saturated carbocycles. The fourth-order valence-corrected chi connectivity index (χ4v) is 4.04. The van der Waals surface area contributed by atoms with Gasteiger partial charge in [-0.05, 0) is 80.9 Å². The van der Waals surface area contributed by atoms with Crippen molar-refractivity contribution in [1.82, 2.24) is 14.7 Å². The van der Waals surface area contributed by atoms with Crippen LogP contribution in [0.2, 0.25) is 0 Å². The largest absolute Gasteiger partial charge is 0.497 e. The highest BCUT2D eigenvalue weighted by atomic mass is 16.5. The molecule has 0 radical (unpaired) electrons. The molecular weight excluding hydrogens is 466 g/mol. The lowest BCUT2D eigenvalue weighted by atomic mass is 10.1. The molecule has 0 bridgehead atoms. The van der Waals surface area contributed by atoms with Crippen LogP contribution in [0, 0.1) is 6.92 Å². The van der Waals surface area contributed by atoms with Crippen LogP contribution in [-0.2, 0) is 6.54 Å². The van der Waals surface area contributed by atoms with Gasteiger partial charge in [0.05, 0.1) is 37.7 Å². The fraction of sp³-hybridized carbons (Fsp3) is 0.267. The molecule has 1 amide bonds. The summed E-state index contributed by atoms with van der Waals surface area (Å²) in [6, 6.07) is 24.5. The van der Waals surface area contributed by atoms with Gasteiger partial charge < -0.3 is 19.1 Å². The molecule has 0 aliphatic carbocycles. The van der Waals surface area contributed by atoms with Crippen molar-refractivity contribution < 1.29 is 19.0 Å². The average molecular weight is 500 g/mol. The summed E-state index contributed by atoms with van der Waals surface area (Å²) in [5, 5.41) is 4.82. The van der Waals surface area contributed by atoms with E-state index in [2.05, 4.69) is 13.8 Å². The van der Waals surface area contributed by atoms with Gasteiger partial charge in [0.1, 0.15) is 17.2 Å². The van der Waals surface area contributed by atoms with Gasteiger partial charge in [0.2, 0.25) is 5.88 Å². The third-order valence-corrected chi connectivity index (χ3v) is 6.46. The van der Waals surface area contributed by atoms with Crippen LogP contribution in [-0.4, -0.2) is 40.8 Å². The third kappa shape index (κ3) is 5.77. The van der Waals surface area contributed by atoms with Crippen LogP contribution in [0.3, 0.4) is 0 Å². The Morgan fingerprint density at radius 1 is 0.892 bits per heavy atom. The lowest BCUT2D eigenvalue weighted by molar-refractivity contribution is 0.0670. The molecule has 7 nitrogen and oxygen atoms in total. The molecule has 1 atom stereocenters. The number of aromatic nitrogens is 2. The van der Waals surface area contributed by atoms with Crippen LogP contribution < -0.4 is 14.2 Å². The normalized spacial score (nSPS) is 11.6. The molecule has 0 unspecified atom stereocenters. The molecule has 7 heteroatoms. The molecule has 1 heterocycles. The molecule has 1 aromatic heterocycles. The molecule has 0 N–H and O–H groups in total. The first-order valence-corrected chi connectivity index (χ1v) is 12.4. The summed E-state index contributed by atoms with van der Waals surface area (Å²) in [4.78, 5) is 15.6. The smallest absolute Gasteiger partial charge is 0.254 e. The van der Waals surface area contributed by atoms with E-state index in [1.807, 2.05) is 66.4 Å². The second-order valence-corrected chi connectivity index (χ2v) is 8.81. The van der Waals surface area contributed by atoms with Crippen molar-refractivity contribution in [2.24, 2.45) is 0 Å². The maximum absolute atomic E-state index is 13.7. The SMILES string of the molecule is CC[C@H](C)N(Cc1c(C)nn(-c2ccccc2)c1Oc1ccc(OC)cc1)C(=O)c1ccc(OC)cc1. The maximum Gasteiger partial charge on any atom is 0.254 e. The van der Waals surface area contributed by atoms with Gasteiger partial charge in [-0.15, -0.1) is 0 Å². The minimum atomic E-state index is -0.0562. The molecule has 0 spiro atoms. The first-order valence-electron chi connectivity index (χ1n) is 12.4. The number of methoxy groups -OCH3 is 2. The van der Waals surface area contributed by atoms with Gasteiger partial charge in [-0.1, -0.05) is 25.1 Å². The highest BCUT2D eigenvalue weighted by molar-refractivity contribution is 5.94. The van der Waals surface area contributed by atoms with E-state index in [-0.39, 0.29) is 11.9 Å². The molecule has 37 heavy (non-hydrogen) atoms. The summed E-state index contributed by atoms with van der Waals surface area (Å²) >= 11 is 0. The van der Waals surface area contributed by atoms with Crippen molar-refractivity contribution in [3.63, 3.8) is 0 Å². The number of hydrogen-bond acceptors (Lipinski definition) is 5. The van der Waals surface area contributed by atoms with E-state index in [9.17, 15) is 4.79 Å². The summed E-state index contributed by atoms with van der Waals surface area (Å²) in [6.07, 6.45) is 0.808. The first-order chi connectivity index (χ1) is 17.9. The standard InChI is InChI=1S/C30H33N3O4/c1-6-21(2)32(29(34)23-12-14-25(35-4)15-13-23)20-28-22(3)31-33(24-10-8-7-9-11-24)30(28)37-27-18-16-26(36-5)17-19-27/h7-19,21H,6,20H2,1-5H3/t21-/m0/s1. The third-order valence-electron chi connectivity index (χ3n) is 6.46. The van der Waals surface area contributed by atoms with Gasteiger partial charge in [0.25, 0.3) is 5.91 Å². The summed E-state index contributed by atoms with van der Waals surface area (Å²) in [6.45, 7) is 6.43. The number of carbonyl (C=O) groups excluding carboxylic acids is 1. The van der Waals surface area contributed by atoms with Crippen LogP contribution in [0.15, 0.2) is 78.9 Å². The molecule has 0 fully saturated rings. The predicted octanol–water partition coefficient (Wildman–Crippen LogP) is 6.43. The Morgan fingerprint density at radius 3 is 2.03 bits per heavy atom. The average Bonchev–Trinajstić information content (AvgIpc) is 3.26. The van der Waals surface area contributed by atoms with Crippen LogP contribution in [0.25, 0.3) is 5.69 Å². The maximum atomic E-state index is 13.7. The fourth-order valence-electron chi connectivity index (χ4n) is 4.04. The van der Waals surface area contributed by atoms with E-state index in [0.29, 0.717) is 29.5 Å². The number of aryl methyl sites for hydroxylation is 1. The number of hydrogen-bond donors (Lipinski definition) is 0. The molecule has 192 valence electrons. The zero-order chi connectivity index (χ0) is 26.4. The number of ether oxygens (including phenoxy) is 3. The molecule has 3 aromatic carbocycles. The Bertz CT molecular complexity index is 1320. The Balaban J connectivity index is 1.75. The molecule has 0 aliphatic heterocycles. The second-order valence-electron chi connectivity index (χ2n) is 8.81. The summed E-state index contributed by atoms with van der Waals surface area (Å²) < 4.78 is 18.8. The van der Waals surface area contributed by atoms with Crippen molar-refractivity contribution in [1.29, 1.82) is 0 Å². The van der Waals surface area contributed by atoms with Crippen LogP contribution in [0.5, 0.6) is 23.1 Å². The number of rotatable bonds is 10. The van der Waals surface area contributed by atoms with Crippen molar-refractivity contribution in [2.75, 3.05) is 14.2 Å². The monoisotopic (exact) mass is 499 g/mol. The van der Waals surface area contributed by atoms with Gasteiger partial charge in [-0.2, -0.15) is 5.10 Å². The van der Waals surface area contributed by atoms with E-state index in [1.165, 1.54) is 0 Å². The van der Waals surface area contributed by atoms with Crippen molar-refractivity contribution >= 4 is 5.91 Å². The summed E-state index contributed by atoms with van der Waals surface area (Å²) in [5.74, 6) is 2.62. The minimum absolute atomic E-state index is 0.00270. The van der Waals surface area contributed by atoms with E-state index in [0.717, 1.165) is 29.1 Å². The van der Waals surface area contributed by atoms with Gasteiger partial charge in [-0.25, -0.2) is 4.68 Å². The van der Waals surface area contributed by atoms with Crippen LogP contribution >= 0.6 is 0 Å². The highest BCUT2D eigenvalue weighted by Gasteiger charge is 2.27. The van der Waals surface area contributed by atoms with Gasteiger partial charge in [0, 0.05) is 11.6 Å². The van der Waals surface area contributed by atoms with Crippen molar-refractivity contribution in [2.45, 2.75) is 39.8 Å². The first kappa shape index (κ1) is 25.8. The zero-order valence-corrected chi connectivity index (χ0v) is 22.0. The predicted molar refractivity (Wildman–Crippen MR) is 144 cm³/mol. The molecule has 4 aromatic rings. The Morgan fingerprint density at radius 2 is 1.46 bits per heavy atom. The van der Waals surface area contributed by atoms with E-state index in [1.54, 1.807) is 43.2 Å². The molecule has 0 saturated heterocycles. The number of amides is 1. The number of benzene rings is 3. The van der Waals surface area contributed by atoms with E-state index >= 15 is 0 Å². The Hall–Kier alpha value is -4.26. The van der Waals surface area contributed by atoms with Crippen molar-refractivity contribution in [3.05, 3.63) is 95.7 Å². The lowest BCUT2D eigenvalue weighted by Crippen LogP contribution is -2.38. The number of carbonyl (C=O) groups is 1. The second kappa shape index (κ2) is 11.6. The lowest BCUT2D eigenvalue weighted by Gasteiger charge is -2.29. The van der Waals surface area contributed by atoms with Crippen molar-refractivity contribution in [3.8, 4) is 28.8 Å². The Labute approximate surface area is 218 Å². The molecular formula is C30H33N3O4.